The van der Waals surface area contributed by atoms with Crippen LogP contribution in [-0.4, -0.2) is 58.1 Å². The van der Waals surface area contributed by atoms with Crippen LogP contribution in [-0.2, 0) is 6.54 Å². The Morgan fingerprint density at radius 3 is 2.79 bits per heavy atom. The van der Waals surface area contributed by atoms with Crippen molar-refractivity contribution in [2.24, 2.45) is 0 Å². The SMILES string of the molecule is CCN1CCN(Cc2ccc(C(=O)O)cn2)CC1C. The average molecular weight is 263 g/mol. The molecular weight excluding hydrogens is 242 g/mol. The Morgan fingerprint density at radius 1 is 1.47 bits per heavy atom. The molecule has 0 saturated carbocycles. The van der Waals surface area contributed by atoms with Gasteiger partial charge in [-0.1, -0.05) is 6.92 Å². The Bertz CT molecular complexity index is 433. The molecule has 1 unspecified atom stereocenters. The molecule has 5 nitrogen and oxygen atoms in total. The Balaban J connectivity index is 1.93. The molecule has 2 rings (SSSR count). The number of hydrogen-bond acceptors (Lipinski definition) is 4. The van der Waals surface area contributed by atoms with Crippen molar-refractivity contribution in [3.8, 4) is 0 Å². The summed E-state index contributed by atoms with van der Waals surface area (Å²) in [5, 5.41) is 8.83. The van der Waals surface area contributed by atoms with E-state index in [4.69, 9.17) is 5.11 Å². The van der Waals surface area contributed by atoms with Gasteiger partial charge in [-0.15, -0.1) is 0 Å². The highest BCUT2D eigenvalue weighted by Gasteiger charge is 2.22. The molecule has 1 atom stereocenters. The first-order valence-corrected chi connectivity index (χ1v) is 6.74. The van der Waals surface area contributed by atoms with E-state index < -0.39 is 5.97 Å². The smallest absolute Gasteiger partial charge is 0.337 e. The maximum atomic E-state index is 10.8. The van der Waals surface area contributed by atoms with E-state index in [1.54, 1.807) is 12.1 Å². The van der Waals surface area contributed by atoms with Crippen LogP contribution in [0.4, 0.5) is 0 Å². The van der Waals surface area contributed by atoms with E-state index in [1.165, 1.54) is 6.20 Å². The van der Waals surface area contributed by atoms with Gasteiger partial charge in [-0.25, -0.2) is 4.79 Å². The van der Waals surface area contributed by atoms with Crippen LogP contribution < -0.4 is 0 Å². The van der Waals surface area contributed by atoms with Gasteiger partial charge in [0.2, 0.25) is 0 Å². The topological polar surface area (TPSA) is 56.7 Å². The van der Waals surface area contributed by atoms with E-state index >= 15 is 0 Å². The lowest BCUT2D eigenvalue weighted by Crippen LogP contribution is -2.51. The predicted molar refractivity (Wildman–Crippen MR) is 73.2 cm³/mol. The quantitative estimate of drug-likeness (QED) is 0.887. The highest BCUT2D eigenvalue weighted by molar-refractivity contribution is 5.87. The Kier molecular flexibility index (Phi) is 4.50. The van der Waals surface area contributed by atoms with E-state index in [-0.39, 0.29) is 5.56 Å². The number of nitrogens with zero attached hydrogens (tertiary/aromatic N) is 3. The maximum Gasteiger partial charge on any atom is 0.337 e. The first-order chi connectivity index (χ1) is 9.10. The van der Waals surface area contributed by atoms with Crippen LogP contribution in [0.25, 0.3) is 0 Å². The highest BCUT2D eigenvalue weighted by Crippen LogP contribution is 2.12. The molecule has 5 heteroatoms. The molecule has 2 heterocycles. The third kappa shape index (κ3) is 3.52. The monoisotopic (exact) mass is 263 g/mol. The molecule has 0 aromatic carbocycles. The summed E-state index contributed by atoms with van der Waals surface area (Å²) >= 11 is 0. The minimum Gasteiger partial charge on any atom is -0.478 e. The summed E-state index contributed by atoms with van der Waals surface area (Å²) in [5.74, 6) is -0.927. The van der Waals surface area contributed by atoms with Crippen LogP contribution in [0.15, 0.2) is 18.3 Å². The number of pyridine rings is 1. The molecule has 0 aliphatic carbocycles. The standard InChI is InChI=1S/C14H21N3O2/c1-3-17-7-6-16(9-11(17)2)10-13-5-4-12(8-15-13)14(18)19/h4-5,8,11H,3,6-7,9-10H2,1-2H3,(H,18,19). The van der Waals surface area contributed by atoms with Crippen LogP contribution in [0, 0.1) is 0 Å². The number of rotatable bonds is 4. The van der Waals surface area contributed by atoms with E-state index in [9.17, 15) is 4.79 Å². The summed E-state index contributed by atoms with van der Waals surface area (Å²) in [4.78, 5) is 19.8. The summed E-state index contributed by atoms with van der Waals surface area (Å²) < 4.78 is 0. The molecule has 1 aromatic rings. The number of carbonyl (C=O) groups is 1. The van der Waals surface area contributed by atoms with Gasteiger partial charge in [0.25, 0.3) is 0 Å². The van der Waals surface area contributed by atoms with Crippen molar-refractivity contribution in [2.45, 2.75) is 26.4 Å². The minimum absolute atomic E-state index is 0.243. The summed E-state index contributed by atoms with van der Waals surface area (Å²) in [6.45, 7) is 9.50. The van der Waals surface area contributed by atoms with Gasteiger partial charge >= 0.3 is 5.97 Å². The fourth-order valence-electron chi connectivity index (χ4n) is 2.56. The molecule has 0 bridgehead atoms. The maximum absolute atomic E-state index is 10.8. The average Bonchev–Trinajstić information content (AvgIpc) is 2.39. The van der Waals surface area contributed by atoms with Crippen LogP contribution in [0.5, 0.6) is 0 Å². The van der Waals surface area contributed by atoms with Gasteiger partial charge < -0.3 is 5.11 Å². The van der Waals surface area contributed by atoms with Crippen molar-refractivity contribution in [1.29, 1.82) is 0 Å². The second-order valence-corrected chi connectivity index (χ2v) is 5.06. The van der Waals surface area contributed by atoms with Crippen LogP contribution in [0.3, 0.4) is 0 Å². The van der Waals surface area contributed by atoms with Gasteiger partial charge in [0.1, 0.15) is 0 Å². The van der Waals surface area contributed by atoms with E-state index in [0.717, 1.165) is 38.4 Å². The number of carboxylic acid groups (broad SMARTS) is 1. The Hall–Kier alpha value is -1.46. The summed E-state index contributed by atoms with van der Waals surface area (Å²) in [6.07, 6.45) is 1.43. The van der Waals surface area contributed by atoms with Gasteiger partial charge in [0.05, 0.1) is 11.3 Å². The molecule has 1 N–H and O–H groups in total. The summed E-state index contributed by atoms with van der Waals surface area (Å²) in [6, 6.07) is 3.99. The van der Waals surface area contributed by atoms with Crippen LogP contribution in [0.2, 0.25) is 0 Å². The molecule has 1 aromatic heterocycles. The van der Waals surface area contributed by atoms with Gasteiger partial charge in [0, 0.05) is 38.4 Å². The fourth-order valence-corrected chi connectivity index (χ4v) is 2.56. The van der Waals surface area contributed by atoms with E-state index in [1.807, 2.05) is 0 Å². The van der Waals surface area contributed by atoms with Crippen molar-refractivity contribution in [3.05, 3.63) is 29.6 Å². The number of piperazine rings is 1. The van der Waals surface area contributed by atoms with Crippen molar-refractivity contribution < 1.29 is 9.90 Å². The lowest BCUT2D eigenvalue weighted by atomic mass is 10.1. The number of carboxylic acids is 1. The fraction of sp³-hybridized carbons (Fsp3) is 0.571. The van der Waals surface area contributed by atoms with E-state index in [0.29, 0.717) is 6.04 Å². The van der Waals surface area contributed by atoms with Crippen molar-refractivity contribution in [3.63, 3.8) is 0 Å². The third-order valence-corrected chi connectivity index (χ3v) is 3.71. The van der Waals surface area contributed by atoms with E-state index in [2.05, 4.69) is 28.6 Å². The third-order valence-electron chi connectivity index (χ3n) is 3.71. The molecule has 0 spiro atoms. The molecule has 19 heavy (non-hydrogen) atoms. The Morgan fingerprint density at radius 2 is 2.26 bits per heavy atom. The number of likely N-dealkylation sites (N-methyl/N-ethyl adjacent to an activating group) is 1. The first kappa shape index (κ1) is 14.0. The van der Waals surface area contributed by atoms with Crippen LogP contribution >= 0.6 is 0 Å². The first-order valence-electron chi connectivity index (χ1n) is 6.74. The van der Waals surface area contributed by atoms with Crippen molar-refractivity contribution >= 4 is 5.97 Å². The molecular formula is C14H21N3O2. The minimum atomic E-state index is -0.927. The van der Waals surface area contributed by atoms with Crippen molar-refractivity contribution in [1.82, 2.24) is 14.8 Å². The summed E-state index contributed by atoms with van der Waals surface area (Å²) in [5.41, 5.74) is 1.18. The largest absolute Gasteiger partial charge is 0.478 e. The number of aromatic carboxylic acids is 1. The number of hydrogen-bond donors (Lipinski definition) is 1. The second kappa shape index (κ2) is 6.12. The zero-order valence-corrected chi connectivity index (χ0v) is 11.5. The lowest BCUT2D eigenvalue weighted by molar-refractivity contribution is 0.0696. The zero-order chi connectivity index (χ0) is 13.8. The molecule has 1 saturated heterocycles. The number of aromatic nitrogens is 1. The van der Waals surface area contributed by atoms with Gasteiger partial charge in [-0.3, -0.25) is 14.8 Å². The Labute approximate surface area is 113 Å². The zero-order valence-electron chi connectivity index (χ0n) is 11.5. The summed E-state index contributed by atoms with van der Waals surface area (Å²) in [7, 11) is 0. The van der Waals surface area contributed by atoms with Crippen LogP contribution in [0.1, 0.15) is 29.9 Å². The predicted octanol–water partition coefficient (Wildman–Crippen LogP) is 1.31. The lowest BCUT2D eigenvalue weighted by Gasteiger charge is -2.39. The molecule has 0 radical (unpaired) electrons. The van der Waals surface area contributed by atoms with Crippen molar-refractivity contribution in [2.75, 3.05) is 26.2 Å². The molecule has 1 fully saturated rings. The normalized spacial score (nSPS) is 21.5. The second-order valence-electron chi connectivity index (χ2n) is 5.06. The van der Waals surface area contributed by atoms with Gasteiger partial charge in [-0.2, -0.15) is 0 Å². The molecule has 1 aliphatic rings. The van der Waals surface area contributed by atoms with Gasteiger partial charge in [0.15, 0.2) is 0 Å². The molecule has 0 amide bonds. The van der Waals surface area contributed by atoms with Gasteiger partial charge in [-0.05, 0) is 25.6 Å². The molecule has 104 valence electrons. The molecule has 1 aliphatic heterocycles. The highest BCUT2D eigenvalue weighted by atomic mass is 16.4.